The Hall–Kier alpha value is -2.11. The second kappa shape index (κ2) is 5.35. The molecule has 0 aromatic carbocycles. The molecule has 0 saturated heterocycles. The van der Waals surface area contributed by atoms with Crippen LogP contribution in [-0.4, -0.2) is 20.3 Å². The molecular weight excluding hydrogens is 311 g/mol. The van der Waals surface area contributed by atoms with Crippen LogP contribution in [0.2, 0.25) is 10.0 Å². The van der Waals surface area contributed by atoms with Gasteiger partial charge in [-0.1, -0.05) is 23.2 Å². The molecule has 3 aromatic rings. The predicted molar refractivity (Wildman–Crippen MR) is 82.1 cm³/mol. The van der Waals surface area contributed by atoms with Gasteiger partial charge >= 0.3 is 0 Å². The summed E-state index contributed by atoms with van der Waals surface area (Å²) in [5.74, 6) is -0.300. The van der Waals surface area contributed by atoms with Gasteiger partial charge in [0, 0.05) is 12.4 Å². The van der Waals surface area contributed by atoms with Crippen molar-refractivity contribution in [2.24, 2.45) is 0 Å². The van der Waals surface area contributed by atoms with Gasteiger partial charge < -0.3 is 5.32 Å². The molecule has 0 bridgehead atoms. The second-order valence-electron chi connectivity index (χ2n) is 4.44. The summed E-state index contributed by atoms with van der Waals surface area (Å²) >= 11 is 12.1. The SMILES string of the molecule is Cc1nc2c(Cl)cc(Cl)cn2c1C(=O)Nc1cccnc1. The van der Waals surface area contributed by atoms with Crippen LogP contribution in [0.5, 0.6) is 0 Å². The van der Waals surface area contributed by atoms with Gasteiger partial charge in [0.15, 0.2) is 5.65 Å². The van der Waals surface area contributed by atoms with Crippen LogP contribution in [0.25, 0.3) is 5.65 Å². The van der Waals surface area contributed by atoms with Gasteiger partial charge in [0.25, 0.3) is 5.91 Å². The number of amides is 1. The Kier molecular flexibility index (Phi) is 3.53. The van der Waals surface area contributed by atoms with Crippen LogP contribution in [0, 0.1) is 6.92 Å². The number of carbonyl (C=O) groups excluding carboxylic acids is 1. The molecule has 3 aromatic heterocycles. The standard InChI is InChI=1S/C14H10Cl2N4O/c1-8-12(14(21)19-10-3-2-4-17-6-10)20-7-9(15)5-11(16)13(20)18-8/h2-7H,1H3,(H,19,21). The van der Waals surface area contributed by atoms with E-state index < -0.39 is 0 Å². The van der Waals surface area contributed by atoms with E-state index in [0.717, 1.165) is 0 Å². The van der Waals surface area contributed by atoms with E-state index in [1.54, 1.807) is 48.1 Å². The van der Waals surface area contributed by atoms with E-state index in [1.165, 1.54) is 0 Å². The fraction of sp³-hybridized carbons (Fsp3) is 0.0714. The third kappa shape index (κ3) is 2.57. The Morgan fingerprint density at radius 2 is 2.19 bits per heavy atom. The van der Waals surface area contributed by atoms with Crippen molar-refractivity contribution in [3.63, 3.8) is 0 Å². The van der Waals surface area contributed by atoms with Gasteiger partial charge in [-0.3, -0.25) is 14.2 Å². The maximum Gasteiger partial charge on any atom is 0.274 e. The van der Waals surface area contributed by atoms with Crippen molar-refractivity contribution >= 4 is 40.4 Å². The number of aromatic nitrogens is 3. The summed E-state index contributed by atoms with van der Waals surface area (Å²) < 4.78 is 1.59. The summed E-state index contributed by atoms with van der Waals surface area (Å²) in [4.78, 5) is 20.7. The molecule has 3 heterocycles. The summed E-state index contributed by atoms with van der Waals surface area (Å²) in [6, 6.07) is 5.09. The van der Waals surface area contributed by atoms with Crippen molar-refractivity contribution in [1.82, 2.24) is 14.4 Å². The van der Waals surface area contributed by atoms with E-state index in [9.17, 15) is 4.79 Å². The molecule has 0 atom stereocenters. The predicted octanol–water partition coefficient (Wildman–Crippen LogP) is 3.60. The highest BCUT2D eigenvalue weighted by Crippen LogP contribution is 2.24. The molecule has 0 spiro atoms. The first-order valence-electron chi connectivity index (χ1n) is 6.11. The molecular formula is C14H10Cl2N4O. The Morgan fingerprint density at radius 3 is 2.90 bits per heavy atom. The molecule has 0 aliphatic rings. The maximum atomic E-state index is 12.4. The van der Waals surface area contributed by atoms with Crippen LogP contribution in [0.3, 0.4) is 0 Å². The summed E-state index contributed by atoms with van der Waals surface area (Å²) in [5.41, 5.74) is 2.05. The fourth-order valence-electron chi connectivity index (χ4n) is 2.09. The topological polar surface area (TPSA) is 59.3 Å². The molecule has 0 aliphatic carbocycles. The van der Waals surface area contributed by atoms with Crippen LogP contribution < -0.4 is 5.32 Å². The molecule has 1 amide bonds. The lowest BCUT2D eigenvalue weighted by Gasteiger charge is -2.06. The highest BCUT2D eigenvalue weighted by atomic mass is 35.5. The van der Waals surface area contributed by atoms with Crippen LogP contribution in [-0.2, 0) is 0 Å². The smallest absolute Gasteiger partial charge is 0.274 e. The maximum absolute atomic E-state index is 12.4. The number of fused-ring (bicyclic) bond motifs is 1. The van der Waals surface area contributed by atoms with E-state index in [-0.39, 0.29) is 5.91 Å². The molecule has 7 heteroatoms. The number of pyridine rings is 2. The summed E-state index contributed by atoms with van der Waals surface area (Å²) in [7, 11) is 0. The number of halogens is 2. The Morgan fingerprint density at radius 1 is 1.38 bits per heavy atom. The molecule has 0 fully saturated rings. The van der Waals surface area contributed by atoms with E-state index in [4.69, 9.17) is 23.2 Å². The third-order valence-electron chi connectivity index (χ3n) is 2.95. The Balaban J connectivity index is 2.08. The number of aryl methyl sites for hydroxylation is 1. The van der Waals surface area contributed by atoms with Gasteiger partial charge in [0.1, 0.15) is 5.69 Å². The molecule has 0 radical (unpaired) electrons. The molecule has 0 saturated carbocycles. The first-order chi connectivity index (χ1) is 10.1. The minimum absolute atomic E-state index is 0.300. The molecule has 5 nitrogen and oxygen atoms in total. The highest BCUT2D eigenvalue weighted by Gasteiger charge is 2.18. The number of nitrogens with zero attached hydrogens (tertiary/aromatic N) is 3. The van der Waals surface area contributed by atoms with Crippen LogP contribution in [0.15, 0.2) is 36.8 Å². The number of nitrogens with one attached hydrogen (secondary N) is 1. The fourth-order valence-corrected chi connectivity index (χ4v) is 2.60. The van der Waals surface area contributed by atoms with Gasteiger partial charge in [-0.05, 0) is 25.1 Å². The number of hydrogen-bond acceptors (Lipinski definition) is 3. The van der Waals surface area contributed by atoms with Crippen molar-refractivity contribution in [3.8, 4) is 0 Å². The molecule has 0 unspecified atom stereocenters. The molecule has 21 heavy (non-hydrogen) atoms. The van der Waals surface area contributed by atoms with E-state index in [1.807, 2.05) is 0 Å². The normalized spacial score (nSPS) is 10.8. The molecule has 106 valence electrons. The van der Waals surface area contributed by atoms with Gasteiger partial charge in [-0.2, -0.15) is 0 Å². The van der Waals surface area contributed by atoms with Gasteiger partial charge in [-0.15, -0.1) is 0 Å². The zero-order valence-electron chi connectivity index (χ0n) is 11.0. The van der Waals surface area contributed by atoms with Crippen molar-refractivity contribution in [2.45, 2.75) is 6.92 Å². The second-order valence-corrected chi connectivity index (χ2v) is 5.29. The quantitative estimate of drug-likeness (QED) is 0.784. The summed E-state index contributed by atoms with van der Waals surface area (Å²) in [5, 5.41) is 3.59. The highest BCUT2D eigenvalue weighted by molar-refractivity contribution is 6.36. The van der Waals surface area contributed by atoms with Gasteiger partial charge in [0.2, 0.25) is 0 Å². The Bertz CT molecular complexity index is 830. The minimum atomic E-state index is -0.300. The van der Waals surface area contributed by atoms with Gasteiger partial charge in [0.05, 0.1) is 27.6 Å². The zero-order chi connectivity index (χ0) is 15.0. The average Bonchev–Trinajstić information content (AvgIpc) is 2.76. The van der Waals surface area contributed by atoms with Crippen molar-refractivity contribution in [3.05, 3.63) is 58.2 Å². The van der Waals surface area contributed by atoms with Crippen LogP contribution in [0.4, 0.5) is 5.69 Å². The number of carbonyl (C=O) groups is 1. The van der Waals surface area contributed by atoms with Gasteiger partial charge in [-0.25, -0.2) is 4.98 Å². The van der Waals surface area contributed by atoms with E-state index in [0.29, 0.717) is 32.8 Å². The monoisotopic (exact) mass is 320 g/mol. The lowest BCUT2D eigenvalue weighted by molar-refractivity contribution is 0.102. The Labute approximate surface area is 130 Å². The average molecular weight is 321 g/mol. The third-order valence-corrected chi connectivity index (χ3v) is 3.44. The number of rotatable bonds is 2. The largest absolute Gasteiger partial charge is 0.319 e. The van der Waals surface area contributed by atoms with E-state index in [2.05, 4.69) is 15.3 Å². The summed E-state index contributed by atoms with van der Waals surface area (Å²) in [6.07, 6.45) is 4.81. The summed E-state index contributed by atoms with van der Waals surface area (Å²) in [6.45, 7) is 1.75. The van der Waals surface area contributed by atoms with Crippen LogP contribution in [0.1, 0.15) is 16.2 Å². The van der Waals surface area contributed by atoms with Crippen molar-refractivity contribution < 1.29 is 4.79 Å². The van der Waals surface area contributed by atoms with E-state index >= 15 is 0 Å². The minimum Gasteiger partial charge on any atom is -0.319 e. The molecule has 3 rings (SSSR count). The lowest BCUT2D eigenvalue weighted by Crippen LogP contribution is -2.15. The first-order valence-corrected chi connectivity index (χ1v) is 6.87. The number of imidazole rings is 1. The number of hydrogen-bond donors (Lipinski definition) is 1. The van der Waals surface area contributed by atoms with Crippen molar-refractivity contribution in [1.29, 1.82) is 0 Å². The van der Waals surface area contributed by atoms with Crippen LogP contribution >= 0.6 is 23.2 Å². The van der Waals surface area contributed by atoms with Crippen molar-refractivity contribution in [2.75, 3.05) is 5.32 Å². The molecule has 1 N–H and O–H groups in total. The molecule has 0 aliphatic heterocycles. The lowest BCUT2D eigenvalue weighted by atomic mass is 10.3. The number of anilines is 1. The first kappa shape index (κ1) is 13.9. The zero-order valence-corrected chi connectivity index (χ0v) is 12.5.